The summed E-state index contributed by atoms with van der Waals surface area (Å²) in [4.78, 5) is 10.5. The number of hydrogen-bond acceptors (Lipinski definition) is 1. The molecule has 0 aliphatic rings. The van der Waals surface area contributed by atoms with Gasteiger partial charge in [-0.2, -0.15) is 0 Å². The highest BCUT2D eigenvalue weighted by Crippen LogP contribution is 2.05. The third-order valence-electron chi connectivity index (χ3n) is 1.40. The Morgan fingerprint density at radius 2 is 2.33 bits per heavy atom. The van der Waals surface area contributed by atoms with E-state index in [4.69, 9.17) is 5.11 Å². The monoisotopic (exact) mass is 160 g/mol. The van der Waals surface area contributed by atoms with Gasteiger partial charge in [0.05, 0.1) is 5.56 Å². The van der Waals surface area contributed by atoms with Crippen molar-refractivity contribution in [2.75, 3.05) is 0 Å². The molecule has 0 bridgehead atoms. The van der Waals surface area contributed by atoms with Gasteiger partial charge >= 0.3 is 5.97 Å². The Balaban J connectivity index is 3.11. The van der Waals surface area contributed by atoms with Crippen molar-refractivity contribution in [3.63, 3.8) is 0 Å². The van der Waals surface area contributed by atoms with Gasteiger partial charge in [-0.3, -0.25) is 0 Å². The fraction of sp³-hybridized carbons (Fsp3) is 0. The molecule has 1 rings (SSSR count). The minimum absolute atomic E-state index is 0.277. The fourth-order valence-corrected chi connectivity index (χ4v) is 0.879. The molecule has 0 heterocycles. The largest absolute Gasteiger partial charge is 0.478 e. The van der Waals surface area contributed by atoms with Crippen LogP contribution >= 0.6 is 0 Å². The van der Waals surface area contributed by atoms with Gasteiger partial charge in [-0.1, -0.05) is 18.7 Å². The molecule has 0 fully saturated rings. The van der Waals surface area contributed by atoms with Gasteiger partial charge in [0.25, 0.3) is 0 Å². The van der Waals surface area contributed by atoms with E-state index in [0.29, 0.717) is 0 Å². The molecule has 2 heteroatoms. The van der Waals surface area contributed by atoms with Crippen molar-refractivity contribution in [3.05, 3.63) is 47.7 Å². The van der Waals surface area contributed by atoms with Crippen LogP contribution in [0, 0.1) is 0 Å². The molecule has 12 heavy (non-hydrogen) atoms. The SMILES string of the molecule is C=C=Cc1cccc(C(=O)O)c1. The summed E-state index contributed by atoms with van der Waals surface area (Å²) in [6.45, 7) is 3.40. The fourth-order valence-electron chi connectivity index (χ4n) is 0.879. The molecule has 1 aromatic carbocycles. The van der Waals surface area contributed by atoms with Crippen LogP contribution in [0.25, 0.3) is 6.08 Å². The van der Waals surface area contributed by atoms with E-state index >= 15 is 0 Å². The van der Waals surface area contributed by atoms with Gasteiger partial charge < -0.3 is 5.11 Å². The first-order valence-corrected chi connectivity index (χ1v) is 3.43. The van der Waals surface area contributed by atoms with E-state index in [0.717, 1.165) is 5.56 Å². The first-order valence-electron chi connectivity index (χ1n) is 3.43. The summed E-state index contributed by atoms with van der Waals surface area (Å²) in [5.41, 5.74) is 3.66. The predicted molar refractivity (Wildman–Crippen MR) is 47.0 cm³/mol. The normalized spacial score (nSPS) is 8.67. The summed E-state index contributed by atoms with van der Waals surface area (Å²) < 4.78 is 0. The first-order chi connectivity index (χ1) is 5.74. The van der Waals surface area contributed by atoms with Crippen molar-refractivity contribution in [2.24, 2.45) is 0 Å². The van der Waals surface area contributed by atoms with Crippen LogP contribution in [-0.4, -0.2) is 11.1 Å². The van der Waals surface area contributed by atoms with Gasteiger partial charge in [-0.15, -0.1) is 5.73 Å². The van der Waals surface area contributed by atoms with Gasteiger partial charge in [0.15, 0.2) is 0 Å². The topological polar surface area (TPSA) is 37.3 Å². The quantitative estimate of drug-likeness (QED) is 0.673. The van der Waals surface area contributed by atoms with E-state index < -0.39 is 5.97 Å². The lowest BCUT2D eigenvalue weighted by Gasteiger charge is -1.94. The standard InChI is InChI=1S/C10H8O2/c1-2-4-8-5-3-6-9(7-8)10(11)12/h3-7H,1H2,(H,11,12). The molecule has 0 unspecified atom stereocenters. The van der Waals surface area contributed by atoms with Gasteiger partial charge in [0.2, 0.25) is 0 Å². The summed E-state index contributed by atoms with van der Waals surface area (Å²) in [7, 11) is 0. The molecule has 1 aromatic rings. The number of carboxylic acid groups (broad SMARTS) is 1. The molecule has 0 saturated carbocycles. The maximum atomic E-state index is 10.5. The zero-order valence-corrected chi connectivity index (χ0v) is 6.45. The third kappa shape index (κ3) is 1.84. The van der Waals surface area contributed by atoms with E-state index in [1.165, 1.54) is 0 Å². The molecule has 0 spiro atoms. The van der Waals surface area contributed by atoms with Gasteiger partial charge in [0.1, 0.15) is 0 Å². The van der Waals surface area contributed by atoms with Gasteiger partial charge in [0, 0.05) is 0 Å². The molecule has 0 atom stereocenters. The number of benzene rings is 1. The van der Waals surface area contributed by atoms with Crippen LogP contribution in [0.2, 0.25) is 0 Å². The van der Waals surface area contributed by atoms with Gasteiger partial charge in [-0.05, 0) is 23.8 Å². The zero-order chi connectivity index (χ0) is 8.97. The van der Waals surface area contributed by atoms with Crippen LogP contribution in [0.1, 0.15) is 15.9 Å². The van der Waals surface area contributed by atoms with Crippen LogP contribution in [0.3, 0.4) is 0 Å². The second-order valence-corrected chi connectivity index (χ2v) is 2.28. The summed E-state index contributed by atoms with van der Waals surface area (Å²) >= 11 is 0. The second kappa shape index (κ2) is 3.56. The van der Waals surface area contributed by atoms with Crippen LogP contribution in [-0.2, 0) is 0 Å². The molecule has 1 N–H and O–H groups in total. The molecule has 0 aromatic heterocycles. The Morgan fingerprint density at radius 1 is 1.58 bits per heavy atom. The van der Waals surface area contributed by atoms with Crippen molar-refractivity contribution < 1.29 is 9.90 Å². The molecule has 0 radical (unpaired) electrons. The maximum Gasteiger partial charge on any atom is 0.335 e. The number of hydrogen-bond donors (Lipinski definition) is 1. The summed E-state index contributed by atoms with van der Waals surface area (Å²) in [6.07, 6.45) is 1.63. The maximum absolute atomic E-state index is 10.5. The van der Waals surface area contributed by atoms with Crippen molar-refractivity contribution in [2.45, 2.75) is 0 Å². The Morgan fingerprint density at radius 3 is 2.92 bits per heavy atom. The summed E-state index contributed by atoms with van der Waals surface area (Å²) in [5, 5.41) is 8.63. The predicted octanol–water partition coefficient (Wildman–Crippen LogP) is 2.18. The van der Waals surface area contributed by atoms with E-state index in [1.807, 2.05) is 0 Å². The summed E-state index contributed by atoms with van der Waals surface area (Å²) in [6, 6.07) is 6.60. The highest BCUT2D eigenvalue weighted by molar-refractivity contribution is 5.88. The molecule has 2 nitrogen and oxygen atoms in total. The highest BCUT2D eigenvalue weighted by atomic mass is 16.4. The van der Waals surface area contributed by atoms with E-state index in [9.17, 15) is 4.79 Å². The lowest BCUT2D eigenvalue weighted by Crippen LogP contribution is -1.95. The number of rotatable bonds is 2. The van der Waals surface area contributed by atoms with Crippen molar-refractivity contribution in [3.8, 4) is 0 Å². The molecular weight excluding hydrogens is 152 g/mol. The van der Waals surface area contributed by atoms with E-state index in [2.05, 4.69) is 12.3 Å². The van der Waals surface area contributed by atoms with Crippen LogP contribution < -0.4 is 0 Å². The number of aromatic carboxylic acids is 1. The smallest absolute Gasteiger partial charge is 0.335 e. The second-order valence-electron chi connectivity index (χ2n) is 2.28. The lowest BCUT2D eigenvalue weighted by molar-refractivity contribution is 0.0697. The molecule has 0 aliphatic carbocycles. The van der Waals surface area contributed by atoms with Crippen molar-refractivity contribution >= 4 is 12.0 Å². The Kier molecular flexibility index (Phi) is 2.46. The summed E-state index contributed by atoms with van der Waals surface area (Å²) in [5.74, 6) is -0.922. The first kappa shape index (κ1) is 8.31. The molecule has 0 saturated heterocycles. The van der Waals surface area contributed by atoms with Crippen molar-refractivity contribution in [1.82, 2.24) is 0 Å². The minimum atomic E-state index is -0.922. The zero-order valence-electron chi connectivity index (χ0n) is 6.45. The molecule has 0 aliphatic heterocycles. The average molecular weight is 160 g/mol. The van der Waals surface area contributed by atoms with Crippen LogP contribution in [0.15, 0.2) is 36.6 Å². The lowest BCUT2D eigenvalue weighted by atomic mass is 10.1. The van der Waals surface area contributed by atoms with Crippen LogP contribution in [0.4, 0.5) is 0 Å². The van der Waals surface area contributed by atoms with Crippen molar-refractivity contribution in [1.29, 1.82) is 0 Å². The molecule has 0 amide bonds. The molecular formula is C10H8O2. The van der Waals surface area contributed by atoms with E-state index in [1.54, 1.807) is 30.3 Å². The van der Waals surface area contributed by atoms with E-state index in [-0.39, 0.29) is 5.56 Å². The molecule has 60 valence electrons. The van der Waals surface area contributed by atoms with Gasteiger partial charge in [-0.25, -0.2) is 4.79 Å². The number of carbonyl (C=O) groups is 1. The Labute approximate surface area is 70.5 Å². The van der Waals surface area contributed by atoms with Crippen LogP contribution in [0.5, 0.6) is 0 Å². The Hall–Kier alpha value is -1.79. The number of carboxylic acids is 1. The minimum Gasteiger partial charge on any atom is -0.478 e. The Bertz CT molecular complexity index is 329. The average Bonchev–Trinajstić information content (AvgIpc) is 2.05. The third-order valence-corrected chi connectivity index (χ3v) is 1.40. The highest BCUT2D eigenvalue weighted by Gasteiger charge is 2.00.